The average molecular weight is 326 g/mol. The van der Waals surface area contributed by atoms with Gasteiger partial charge in [0, 0.05) is 0 Å². The summed E-state index contributed by atoms with van der Waals surface area (Å²) in [5.74, 6) is 0. The molecule has 0 saturated carbocycles. The van der Waals surface area contributed by atoms with Crippen LogP contribution in [0.1, 0.15) is 6.92 Å². The van der Waals surface area contributed by atoms with Crippen LogP contribution in [0.5, 0.6) is 0 Å². The Bertz CT molecular complexity index is 54.9. The van der Waals surface area contributed by atoms with E-state index in [9.17, 15) is 0 Å². The molecule has 0 fully saturated rings. The Kier molecular flexibility index (Phi) is 24.7. The average Bonchev–Trinajstić information content (AvgIpc) is 1.68. The summed E-state index contributed by atoms with van der Waals surface area (Å²) >= 11 is 1.73. The number of halogens is 3. The molecule has 62 valence electrons. The standard InChI is InChI=1S/C5H13Si.3ClH.Sn/c1-5-6(2,3)4;;;;/h2,5H2,1,3-4H3;3*1H;/q;;;;+3/p-3. The van der Waals surface area contributed by atoms with Crippen LogP contribution in [-0.2, 0) is 0 Å². The van der Waals surface area contributed by atoms with E-state index in [0.717, 1.165) is 0 Å². The third-order valence-corrected chi connectivity index (χ3v) is 12.5. The Morgan fingerprint density at radius 1 is 1.10 bits per heavy atom. The van der Waals surface area contributed by atoms with Crippen molar-refractivity contribution in [2.45, 2.75) is 30.1 Å². The number of hydrogen-bond donors (Lipinski definition) is 0. The zero-order chi connectivity index (χ0) is 5.91. The number of hydrogen-bond acceptors (Lipinski definition) is 0. The van der Waals surface area contributed by atoms with E-state index in [-0.39, 0.29) is 37.2 Å². The maximum atomic E-state index is 2.46. The molecule has 5 heteroatoms. The van der Waals surface area contributed by atoms with E-state index in [1.807, 2.05) is 0 Å². The van der Waals surface area contributed by atoms with Gasteiger partial charge >= 0.3 is 60.7 Å². The smallest absolute Gasteiger partial charge is 1.00 e. The van der Waals surface area contributed by atoms with E-state index in [4.69, 9.17) is 0 Å². The van der Waals surface area contributed by atoms with Crippen molar-refractivity contribution in [2.75, 3.05) is 0 Å². The van der Waals surface area contributed by atoms with Gasteiger partial charge in [-0.2, -0.15) is 0 Å². The van der Waals surface area contributed by atoms with Crippen LogP contribution < -0.4 is 37.2 Å². The molecule has 10 heavy (non-hydrogen) atoms. The Balaban J connectivity index is -0.0000000600. The Hall–Kier alpha value is 1.89. The van der Waals surface area contributed by atoms with Crippen molar-refractivity contribution in [2.24, 2.45) is 0 Å². The molecule has 0 heterocycles. The second kappa shape index (κ2) is 10.9. The maximum Gasteiger partial charge on any atom is -1.00 e. The molecule has 0 amide bonds. The van der Waals surface area contributed by atoms with Crippen molar-refractivity contribution < 1.29 is 37.2 Å². The normalized spacial score (nSPS) is 8.50. The van der Waals surface area contributed by atoms with E-state index in [2.05, 4.69) is 20.0 Å². The Morgan fingerprint density at radius 3 is 1.40 bits per heavy atom. The van der Waals surface area contributed by atoms with Crippen LogP contribution in [0, 0.1) is 0 Å². The Morgan fingerprint density at radius 2 is 1.40 bits per heavy atom. The van der Waals surface area contributed by atoms with Crippen LogP contribution in [0.2, 0.25) is 23.2 Å². The molecule has 0 aliphatic carbocycles. The second-order valence-electron chi connectivity index (χ2n) is 2.69. The molecular formula is C5H13Cl3SiSn. The van der Waals surface area contributed by atoms with Gasteiger partial charge in [0.05, 0.1) is 0 Å². The zero-order valence-corrected chi connectivity index (χ0v) is 12.7. The van der Waals surface area contributed by atoms with E-state index < -0.39 is 8.07 Å². The van der Waals surface area contributed by atoms with Gasteiger partial charge in [-0.25, -0.2) is 0 Å². The van der Waals surface area contributed by atoms with Gasteiger partial charge in [-0.1, -0.05) is 0 Å². The minimum atomic E-state index is -0.611. The van der Waals surface area contributed by atoms with Crippen LogP contribution in [0.3, 0.4) is 0 Å². The molecule has 0 rings (SSSR count). The summed E-state index contributed by atoms with van der Waals surface area (Å²) in [6.45, 7) is 7.24. The summed E-state index contributed by atoms with van der Waals surface area (Å²) in [5, 5.41) is 0. The van der Waals surface area contributed by atoms with Gasteiger partial charge in [0.25, 0.3) is 0 Å². The quantitative estimate of drug-likeness (QED) is 0.443. The maximum absolute atomic E-state index is 2.46. The van der Waals surface area contributed by atoms with Gasteiger partial charge < -0.3 is 37.2 Å². The second-order valence-corrected chi connectivity index (χ2v) is 11.1. The van der Waals surface area contributed by atoms with Crippen LogP contribution in [0.25, 0.3) is 0 Å². The third kappa shape index (κ3) is 12.6. The molecule has 0 spiro atoms. The van der Waals surface area contributed by atoms with Crippen molar-refractivity contribution in [1.29, 1.82) is 0 Å². The molecule has 0 N–H and O–H groups in total. The molecule has 0 aliphatic heterocycles. The predicted molar refractivity (Wildman–Crippen MR) is 38.5 cm³/mol. The van der Waals surface area contributed by atoms with Crippen LogP contribution in [0.15, 0.2) is 0 Å². The minimum Gasteiger partial charge on any atom is -1.00 e. The van der Waals surface area contributed by atoms with Gasteiger partial charge in [-0.3, -0.25) is 0 Å². The van der Waals surface area contributed by atoms with Gasteiger partial charge in [-0.05, 0) is 0 Å². The topological polar surface area (TPSA) is 0 Å². The van der Waals surface area contributed by atoms with Crippen molar-refractivity contribution in [1.82, 2.24) is 0 Å². The van der Waals surface area contributed by atoms with Gasteiger partial charge in [-0.15, -0.1) is 0 Å². The first-order valence-corrected chi connectivity index (χ1v) is 8.20. The van der Waals surface area contributed by atoms with Crippen LogP contribution in [-0.4, -0.2) is 30.6 Å². The van der Waals surface area contributed by atoms with Crippen molar-refractivity contribution in [3.8, 4) is 0 Å². The largest absolute Gasteiger partial charge is 1.00 e. The fourth-order valence-corrected chi connectivity index (χ4v) is 2.52. The SMILES string of the molecule is CC[Si](C)(C)[CH2][Sn+3].[Cl-].[Cl-].[Cl-]. The van der Waals surface area contributed by atoms with Crippen molar-refractivity contribution in [3.63, 3.8) is 0 Å². The molecule has 0 aromatic carbocycles. The zero-order valence-electron chi connectivity index (χ0n) is 6.55. The fourth-order valence-electron chi connectivity index (χ4n) is 0.125. The van der Waals surface area contributed by atoms with Crippen LogP contribution in [0.4, 0.5) is 0 Å². The van der Waals surface area contributed by atoms with Gasteiger partial charge in [0.2, 0.25) is 0 Å². The van der Waals surface area contributed by atoms with E-state index in [1.54, 1.807) is 22.5 Å². The summed E-state index contributed by atoms with van der Waals surface area (Å²) in [4.78, 5) is 0. The molecule has 0 bridgehead atoms. The first-order valence-electron chi connectivity index (χ1n) is 2.77. The summed E-state index contributed by atoms with van der Waals surface area (Å²) in [6, 6.07) is 1.46. The molecular weight excluding hydrogens is 313 g/mol. The molecule has 0 radical (unpaired) electrons. The number of rotatable bonds is 2. The molecule has 0 nitrogen and oxygen atoms in total. The molecule has 0 aliphatic rings. The first-order chi connectivity index (χ1) is 3.12. The summed E-state index contributed by atoms with van der Waals surface area (Å²) < 4.78 is 1.52. The first kappa shape index (κ1) is 22.6. The minimum absolute atomic E-state index is 0. The molecule has 0 aromatic rings. The summed E-state index contributed by atoms with van der Waals surface area (Å²) in [6.07, 6.45) is 0. The predicted octanol–water partition coefficient (Wildman–Crippen LogP) is -7.15. The van der Waals surface area contributed by atoms with E-state index in [0.29, 0.717) is 0 Å². The monoisotopic (exact) mass is 326 g/mol. The third-order valence-electron chi connectivity index (χ3n) is 1.44. The molecule has 0 saturated heterocycles. The van der Waals surface area contributed by atoms with Gasteiger partial charge in [0.1, 0.15) is 0 Å². The summed E-state index contributed by atoms with van der Waals surface area (Å²) in [5.41, 5.74) is 0. The van der Waals surface area contributed by atoms with Crippen molar-refractivity contribution >= 4 is 30.6 Å². The van der Waals surface area contributed by atoms with Crippen LogP contribution >= 0.6 is 0 Å². The molecule has 0 aromatic heterocycles. The van der Waals surface area contributed by atoms with E-state index >= 15 is 0 Å². The van der Waals surface area contributed by atoms with Gasteiger partial charge in [0.15, 0.2) is 0 Å². The molecule has 0 unspecified atom stereocenters. The van der Waals surface area contributed by atoms with E-state index in [1.165, 1.54) is 10.1 Å². The van der Waals surface area contributed by atoms with Crippen molar-refractivity contribution in [3.05, 3.63) is 0 Å². The summed E-state index contributed by atoms with van der Waals surface area (Å²) in [7, 11) is -0.611. The fraction of sp³-hybridized carbons (Fsp3) is 1.00. The molecule has 0 atom stereocenters. The Labute approximate surface area is 97.2 Å².